The van der Waals surface area contributed by atoms with Gasteiger partial charge >= 0.3 is 5.97 Å². The molecule has 0 unspecified atom stereocenters. The van der Waals surface area contributed by atoms with E-state index >= 15 is 0 Å². The fourth-order valence-corrected chi connectivity index (χ4v) is 3.02. The highest BCUT2D eigenvalue weighted by atomic mass is 16.6. The van der Waals surface area contributed by atoms with Crippen molar-refractivity contribution in [3.05, 3.63) is 99.1 Å². The van der Waals surface area contributed by atoms with Gasteiger partial charge in [0.05, 0.1) is 28.7 Å². The Balaban J connectivity index is 1.81. The third kappa shape index (κ3) is 5.95. The van der Waals surface area contributed by atoms with E-state index in [2.05, 4.69) is 6.07 Å². The maximum absolute atomic E-state index is 11.0. The van der Waals surface area contributed by atoms with Crippen LogP contribution in [0.4, 0.5) is 5.69 Å². The molecule has 166 valence electrons. The maximum atomic E-state index is 11.0. The van der Waals surface area contributed by atoms with Gasteiger partial charge in [0.25, 0.3) is 5.69 Å². The number of nitro benzene ring substituents is 1. The van der Waals surface area contributed by atoms with Gasteiger partial charge in [-0.3, -0.25) is 10.1 Å². The number of benzene rings is 3. The highest BCUT2D eigenvalue weighted by Crippen LogP contribution is 2.31. The Bertz CT molecular complexity index is 1230. The smallest absolute Gasteiger partial charge is 0.335 e. The minimum Gasteiger partial charge on any atom is -0.490 e. The molecule has 0 aliphatic rings. The Kier molecular flexibility index (Phi) is 7.39. The van der Waals surface area contributed by atoms with Crippen LogP contribution in [0.15, 0.2) is 66.7 Å². The van der Waals surface area contributed by atoms with Crippen molar-refractivity contribution >= 4 is 23.3 Å². The molecule has 0 heterocycles. The third-order valence-electron chi connectivity index (χ3n) is 4.68. The normalized spacial score (nSPS) is 10.8. The van der Waals surface area contributed by atoms with Crippen molar-refractivity contribution < 1.29 is 24.3 Å². The van der Waals surface area contributed by atoms with Crippen LogP contribution in [0, 0.1) is 21.4 Å². The number of nitriles is 1. The van der Waals surface area contributed by atoms with Crippen molar-refractivity contribution in [2.75, 3.05) is 6.61 Å². The highest BCUT2D eigenvalue weighted by Gasteiger charge is 2.10. The number of rotatable bonds is 9. The molecule has 33 heavy (non-hydrogen) atoms. The van der Waals surface area contributed by atoms with Crippen molar-refractivity contribution in [2.45, 2.75) is 13.5 Å². The lowest BCUT2D eigenvalue weighted by atomic mass is 10.0. The summed E-state index contributed by atoms with van der Waals surface area (Å²) in [6.07, 6.45) is 1.66. The Hall–Kier alpha value is -4.64. The summed E-state index contributed by atoms with van der Waals surface area (Å²) in [7, 11) is 0. The summed E-state index contributed by atoms with van der Waals surface area (Å²) >= 11 is 0. The van der Waals surface area contributed by atoms with Gasteiger partial charge in [-0.1, -0.05) is 18.2 Å². The van der Waals surface area contributed by atoms with E-state index in [1.807, 2.05) is 6.92 Å². The first-order valence-electron chi connectivity index (χ1n) is 9.99. The summed E-state index contributed by atoms with van der Waals surface area (Å²) in [5.74, 6) is 0.00904. The van der Waals surface area contributed by atoms with E-state index < -0.39 is 10.9 Å². The number of ether oxygens (including phenoxy) is 2. The number of nitro groups is 1. The second kappa shape index (κ2) is 10.6. The van der Waals surface area contributed by atoms with Crippen LogP contribution in [0.25, 0.3) is 11.6 Å². The average molecular weight is 444 g/mol. The van der Waals surface area contributed by atoms with Crippen LogP contribution < -0.4 is 9.47 Å². The Morgan fingerprint density at radius 3 is 2.27 bits per heavy atom. The molecule has 0 atom stereocenters. The average Bonchev–Trinajstić information content (AvgIpc) is 2.82. The first-order valence-corrected chi connectivity index (χ1v) is 9.99. The fourth-order valence-electron chi connectivity index (χ4n) is 3.02. The topological polar surface area (TPSA) is 123 Å². The summed E-state index contributed by atoms with van der Waals surface area (Å²) in [5.41, 5.74) is 2.56. The number of nitrogens with zero attached hydrogens (tertiary/aromatic N) is 2. The zero-order chi connectivity index (χ0) is 23.8. The SMILES string of the molecule is CCOc1cc(/C=C(\C#N)c2ccc([N+](=O)[O-])cc2)ccc1OCc1ccc(C(=O)O)cc1. The van der Waals surface area contributed by atoms with Gasteiger partial charge in [0.1, 0.15) is 6.61 Å². The van der Waals surface area contributed by atoms with Crippen LogP contribution in [-0.4, -0.2) is 22.6 Å². The molecule has 8 heteroatoms. The number of hydrogen-bond acceptors (Lipinski definition) is 6. The summed E-state index contributed by atoms with van der Waals surface area (Å²) < 4.78 is 11.6. The maximum Gasteiger partial charge on any atom is 0.335 e. The van der Waals surface area contributed by atoms with E-state index in [0.29, 0.717) is 34.8 Å². The molecule has 0 aliphatic carbocycles. The monoisotopic (exact) mass is 444 g/mol. The molecule has 0 aromatic heterocycles. The fraction of sp³-hybridized carbons (Fsp3) is 0.120. The van der Waals surface area contributed by atoms with E-state index in [1.165, 1.54) is 36.4 Å². The van der Waals surface area contributed by atoms with Gasteiger partial charge < -0.3 is 14.6 Å². The zero-order valence-corrected chi connectivity index (χ0v) is 17.7. The van der Waals surface area contributed by atoms with Gasteiger partial charge in [-0.05, 0) is 66.1 Å². The van der Waals surface area contributed by atoms with Crippen LogP contribution in [0.1, 0.15) is 34.0 Å². The lowest BCUT2D eigenvalue weighted by molar-refractivity contribution is -0.384. The van der Waals surface area contributed by atoms with Crippen molar-refractivity contribution in [3.63, 3.8) is 0 Å². The second-order valence-electron chi connectivity index (χ2n) is 6.90. The molecule has 0 fully saturated rings. The molecule has 0 spiro atoms. The van der Waals surface area contributed by atoms with Gasteiger partial charge in [-0.15, -0.1) is 0 Å². The van der Waals surface area contributed by atoms with Crippen LogP contribution >= 0.6 is 0 Å². The largest absolute Gasteiger partial charge is 0.490 e. The number of hydrogen-bond donors (Lipinski definition) is 1. The number of aromatic carboxylic acids is 1. The third-order valence-corrected chi connectivity index (χ3v) is 4.68. The number of carboxylic acid groups (broad SMARTS) is 1. The van der Waals surface area contributed by atoms with E-state index in [4.69, 9.17) is 14.6 Å². The zero-order valence-electron chi connectivity index (χ0n) is 17.7. The van der Waals surface area contributed by atoms with Crippen molar-refractivity contribution in [1.29, 1.82) is 5.26 Å². The second-order valence-corrected chi connectivity index (χ2v) is 6.90. The van der Waals surface area contributed by atoms with Crippen LogP contribution in [0.5, 0.6) is 11.5 Å². The van der Waals surface area contributed by atoms with Crippen LogP contribution in [0.2, 0.25) is 0 Å². The number of carbonyl (C=O) groups is 1. The number of non-ortho nitro benzene ring substituents is 1. The van der Waals surface area contributed by atoms with Crippen molar-refractivity contribution in [1.82, 2.24) is 0 Å². The molecule has 0 saturated carbocycles. The van der Waals surface area contributed by atoms with Crippen molar-refractivity contribution in [3.8, 4) is 17.6 Å². The Morgan fingerprint density at radius 2 is 1.70 bits per heavy atom. The molecule has 0 radical (unpaired) electrons. The van der Waals surface area contributed by atoms with E-state index in [0.717, 1.165) is 5.56 Å². The van der Waals surface area contributed by atoms with Gasteiger partial charge in [-0.2, -0.15) is 5.26 Å². The first kappa shape index (κ1) is 23.0. The Labute approximate surface area is 190 Å². The van der Waals surface area contributed by atoms with Crippen LogP contribution in [0.3, 0.4) is 0 Å². The minimum absolute atomic E-state index is 0.0474. The summed E-state index contributed by atoms with van der Waals surface area (Å²) in [4.78, 5) is 21.3. The molecule has 3 aromatic rings. The lowest BCUT2D eigenvalue weighted by Gasteiger charge is -2.13. The highest BCUT2D eigenvalue weighted by molar-refractivity contribution is 5.90. The number of allylic oxidation sites excluding steroid dienone is 1. The molecule has 0 bridgehead atoms. The molecule has 3 rings (SSSR count). The predicted octanol–water partition coefficient (Wildman–Crippen LogP) is 5.33. The van der Waals surface area contributed by atoms with E-state index in [-0.39, 0.29) is 17.9 Å². The van der Waals surface area contributed by atoms with E-state index in [9.17, 15) is 20.2 Å². The summed E-state index contributed by atoms with van der Waals surface area (Å²) in [5, 5.41) is 29.4. The molecule has 0 amide bonds. The first-order chi connectivity index (χ1) is 15.9. The van der Waals surface area contributed by atoms with Crippen molar-refractivity contribution in [2.24, 2.45) is 0 Å². The standard InChI is InChI=1S/C25H20N2O6/c1-2-32-24-14-18(13-21(15-26)19-8-10-22(11-9-19)27(30)31)5-12-23(24)33-16-17-3-6-20(7-4-17)25(28)29/h3-14H,2,16H2,1H3,(H,28,29)/b21-13+. The van der Waals surface area contributed by atoms with Gasteiger partial charge in [0.2, 0.25) is 0 Å². The Morgan fingerprint density at radius 1 is 1.03 bits per heavy atom. The molecular formula is C25H20N2O6. The molecule has 0 saturated heterocycles. The summed E-state index contributed by atoms with van der Waals surface area (Å²) in [6, 6.07) is 19.5. The quantitative estimate of drug-likeness (QED) is 0.205. The summed E-state index contributed by atoms with van der Waals surface area (Å²) in [6.45, 7) is 2.47. The molecule has 0 aliphatic heterocycles. The molecule has 3 aromatic carbocycles. The van der Waals surface area contributed by atoms with Crippen LogP contribution in [-0.2, 0) is 6.61 Å². The molecule has 8 nitrogen and oxygen atoms in total. The minimum atomic E-state index is -0.991. The predicted molar refractivity (Wildman–Crippen MR) is 122 cm³/mol. The van der Waals surface area contributed by atoms with Gasteiger partial charge in [0, 0.05) is 12.1 Å². The number of carboxylic acids is 1. The molecule has 1 N–H and O–H groups in total. The molecular weight excluding hydrogens is 424 g/mol. The van der Waals surface area contributed by atoms with E-state index in [1.54, 1.807) is 36.4 Å². The van der Waals surface area contributed by atoms with Gasteiger partial charge in [-0.25, -0.2) is 4.79 Å². The lowest BCUT2D eigenvalue weighted by Crippen LogP contribution is -2.01. The van der Waals surface area contributed by atoms with Gasteiger partial charge in [0.15, 0.2) is 11.5 Å².